The van der Waals surface area contributed by atoms with Gasteiger partial charge in [0.05, 0.1) is 6.54 Å². The van der Waals surface area contributed by atoms with Crippen molar-refractivity contribution < 1.29 is 22.7 Å². The minimum atomic E-state index is -4.69. The van der Waals surface area contributed by atoms with E-state index in [1.165, 1.54) is 0 Å². The summed E-state index contributed by atoms with van der Waals surface area (Å²) in [4.78, 5) is 19.6. The molecular formula is C22H36ClF3N6O2. The zero-order chi connectivity index (χ0) is 24.9. The number of rotatable bonds is 7. The molecule has 1 saturated carbocycles. The number of carbonyl (C=O) groups is 1. The van der Waals surface area contributed by atoms with E-state index in [4.69, 9.17) is 27.8 Å². The Morgan fingerprint density at radius 3 is 2.38 bits per heavy atom. The van der Waals surface area contributed by atoms with Crippen molar-refractivity contribution in [3.8, 4) is 0 Å². The molecule has 2 fully saturated rings. The van der Waals surface area contributed by atoms with Crippen LogP contribution < -0.4 is 16.8 Å². The summed E-state index contributed by atoms with van der Waals surface area (Å²) in [5, 5.41) is 3.32. The van der Waals surface area contributed by atoms with Gasteiger partial charge in [-0.25, -0.2) is 4.79 Å². The number of hydrogen-bond donors (Lipinski definition) is 3. The molecule has 34 heavy (non-hydrogen) atoms. The number of carbonyl (C=O) groups excluding carboxylic acids is 1. The number of urea groups is 1. The van der Waals surface area contributed by atoms with E-state index in [1.807, 2.05) is 9.80 Å². The van der Waals surface area contributed by atoms with Crippen molar-refractivity contribution >= 4 is 17.6 Å². The van der Waals surface area contributed by atoms with Crippen LogP contribution in [0.2, 0.25) is 0 Å². The van der Waals surface area contributed by atoms with Crippen molar-refractivity contribution in [3.63, 3.8) is 0 Å². The van der Waals surface area contributed by atoms with Crippen molar-refractivity contribution in [1.82, 2.24) is 20.0 Å². The number of allylic oxidation sites excluding steroid dienone is 2. The molecule has 2 aliphatic heterocycles. The second kappa shape index (κ2) is 11.9. The van der Waals surface area contributed by atoms with Crippen molar-refractivity contribution in [2.45, 2.75) is 62.7 Å². The zero-order valence-corrected chi connectivity index (χ0v) is 20.3. The van der Waals surface area contributed by atoms with E-state index >= 15 is 0 Å². The lowest BCUT2D eigenvalue weighted by Gasteiger charge is -2.42. The van der Waals surface area contributed by atoms with Gasteiger partial charge < -0.3 is 30.5 Å². The number of nitrogens with one attached hydrogen (secondary N) is 1. The topological polar surface area (TPSA) is 100 Å². The molecule has 2 amide bonds. The Labute approximate surface area is 204 Å². The predicted molar refractivity (Wildman–Crippen MR) is 125 cm³/mol. The number of piperazine rings is 1. The van der Waals surface area contributed by atoms with Gasteiger partial charge in [-0.2, -0.15) is 13.2 Å². The molecule has 0 radical (unpaired) electrons. The van der Waals surface area contributed by atoms with Gasteiger partial charge in [0.15, 0.2) is 0 Å². The quantitative estimate of drug-likeness (QED) is 0.360. The molecular weight excluding hydrogens is 473 g/mol. The molecule has 5 N–H and O–H groups in total. The Bertz CT molecular complexity index is 749. The molecule has 0 bridgehead atoms. The summed E-state index contributed by atoms with van der Waals surface area (Å²) in [6.45, 7) is 6.77. The highest BCUT2D eigenvalue weighted by atomic mass is 35.5. The summed E-state index contributed by atoms with van der Waals surface area (Å²) in [7, 11) is 0. The Morgan fingerprint density at radius 2 is 1.85 bits per heavy atom. The molecule has 2 unspecified atom stereocenters. The molecule has 8 nitrogen and oxygen atoms in total. The molecule has 12 heteroatoms. The van der Waals surface area contributed by atoms with Gasteiger partial charge in [0.1, 0.15) is 6.23 Å². The van der Waals surface area contributed by atoms with E-state index in [0.717, 1.165) is 51.0 Å². The average molecular weight is 509 g/mol. The number of halogens is 4. The van der Waals surface area contributed by atoms with E-state index in [0.29, 0.717) is 25.2 Å². The molecule has 2 atom stereocenters. The fraction of sp³-hybridized carbons (Fsp3) is 0.773. The fourth-order valence-electron chi connectivity index (χ4n) is 4.49. The Hall–Kier alpha value is -1.53. The van der Waals surface area contributed by atoms with Gasteiger partial charge in [0, 0.05) is 49.8 Å². The Morgan fingerprint density at radius 1 is 1.21 bits per heavy atom. The first-order valence-corrected chi connectivity index (χ1v) is 12.3. The normalized spacial score (nSPS) is 26.3. The summed E-state index contributed by atoms with van der Waals surface area (Å²) in [6, 6.07) is 0.109. The van der Waals surface area contributed by atoms with Gasteiger partial charge in [0.25, 0.3) is 0 Å². The smallest absolute Gasteiger partial charge is 0.383 e. The Kier molecular flexibility index (Phi) is 9.50. The first-order chi connectivity index (χ1) is 16.1. The lowest BCUT2D eigenvalue weighted by molar-refractivity contribution is -0.226. The number of nitrogens with zero attached hydrogens (tertiary/aromatic N) is 3. The predicted octanol–water partition coefficient (Wildman–Crippen LogP) is 2.16. The van der Waals surface area contributed by atoms with Crippen LogP contribution in [-0.2, 0) is 4.74 Å². The van der Waals surface area contributed by atoms with Crippen LogP contribution in [0.5, 0.6) is 0 Å². The third kappa shape index (κ3) is 7.24. The van der Waals surface area contributed by atoms with Gasteiger partial charge in [-0.05, 0) is 43.9 Å². The number of alkyl halides is 4. The number of nitrogens with two attached hydrogens (primary N) is 2. The summed E-state index contributed by atoms with van der Waals surface area (Å²) in [5.41, 5.74) is 12.0. The summed E-state index contributed by atoms with van der Waals surface area (Å²) in [6.07, 6.45) is -1.63. The maximum Gasteiger partial charge on any atom is 0.428 e. The van der Waals surface area contributed by atoms with Crippen LogP contribution in [0, 0.1) is 0 Å². The van der Waals surface area contributed by atoms with E-state index in [2.05, 4.69) is 17.1 Å². The first-order valence-electron chi connectivity index (χ1n) is 11.9. The first kappa shape index (κ1) is 27.1. The molecule has 2 heterocycles. The van der Waals surface area contributed by atoms with Crippen molar-refractivity contribution in [2.75, 3.05) is 45.8 Å². The van der Waals surface area contributed by atoms with Crippen molar-refractivity contribution in [2.24, 2.45) is 11.5 Å². The van der Waals surface area contributed by atoms with Crippen molar-refractivity contribution in [3.05, 3.63) is 23.4 Å². The van der Waals surface area contributed by atoms with Crippen LogP contribution in [0.4, 0.5) is 18.0 Å². The van der Waals surface area contributed by atoms with E-state index < -0.39 is 18.6 Å². The molecule has 194 valence electrons. The lowest BCUT2D eigenvalue weighted by atomic mass is 9.93. The Balaban J connectivity index is 1.67. The lowest BCUT2D eigenvalue weighted by Crippen LogP contribution is -2.56. The average Bonchev–Trinajstić information content (AvgIpc) is 2.82. The van der Waals surface area contributed by atoms with Crippen LogP contribution in [0.25, 0.3) is 0 Å². The van der Waals surface area contributed by atoms with Crippen LogP contribution in [0.15, 0.2) is 23.4 Å². The van der Waals surface area contributed by atoms with E-state index in [-0.39, 0.29) is 24.0 Å². The van der Waals surface area contributed by atoms with Gasteiger partial charge in [-0.1, -0.05) is 13.0 Å². The standard InChI is InChI=1S/C22H36ClF3N6O2/c1-2-30-9-11-31(12-10-30)21(33)32(18-7-4-16(23)5-8-18)14-17-6-3-15(13-29-17)19(27)34-20(28)22(24,25)26/h3,6,16,18-20,29H,2,4-5,7-14,27-28H2,1H3. The number of ether oxygens (including phenoxy) is 1. The highest BCUT2D eigenvalue weighted by Crippen LogP contribution is 2.28. The van der Waals surface area contributed by atoms with Gasteiger partial charge >= 0.3 is 12.2 Å². The van der Waals surface area contributed by atoms with Gasteiger partial charge in [0.2, 0.25) is 6.23 Å². The van der Waals surface area contributed by atoms with Gasteiger partial charge in [-0.15, -0.1) is 11.6 Å². The van der Waals surface area contributed by atoms with E-state index in [9.17, 15) is 18.0 Å². The van der Waals surface area contributed by atoms with Crippen LogP contribution in [0.1, 0.15) is 32.6 Å². The molecule has 1 saturated heterocycles. The molecule has 0 aromatic rings. The van der Waals surface area contributed by atoms with Crippen molar-refractivity contribution in [1.29, 1.82) is 0 Å². The second-order valence-corrected chi connectivity index (χ2v) is 9.66. The number of amides is 2. The highest BCUT2D eigenvalue weighted by Gasteiger charge is 2.39. The van der Waals surface area contributed by atoms with Crippen LogP contribution in [-0.4, -0.2) is 96.6 Å². The third-order valence-electron chi connectivity index (χ3n) is 6.74. The maximum absolute atomic E-state index is 13.5. The molecule has 0 aromatic heterocycles. The van der Waals surface area contributed by atoms with Gasteiger partial charge in [-0.3, -0.25) is 5.73 Å². The van der Waals surface area contributed by atoms with Crippen LogP contribution in [0.3, 0.4) is 0 Å². The molecule has 1 aliphatic carbocycles. The number of dihydropyridines is 1. The molecule has 3 rings (SSSR count). The minimum Gasteiger partial charge on any atom is -0.383 e. The minimum absolute atomic E-state index is 0.0161. The number of likely N-dealkylation sites (N-methyl/N-ethyl adjacent to an activating group) is 1. The SMILES string of the molecule is CCN1CCN(C(=O)N(CC2=CC=C(C(N)OC(N)C(F)(F)F)CN2)C2CCC(Cl)CC2)CC1. The molecule has 0 aromatic carbocycles. The molecule has 0 spiro atoms. The monoisotopic (exact) mass is 508 g/mol. The number of hydrogen-bond acceptors (Lipinski definition) is 6. The maximum atomic E-state index is 13.5. The molecule has 3 aliphatic rings. The summed E-state index contributed by atoms with van der Waals surface area (Å²) in [5.74, 6) is 0. The largest absolute Gasteiger partial charge is 0.428 e. The highest BCUT2D eigenvalue weighted by molar-refractivity contribution is 6.20. The fourth-order valence-corrected chi connectivity index (χ4v) is 4.74. The van der Waals surface area contributed by atoms with Crippen LogP contribution >= 0.6 is 11.6 Å². The summed E-state index contributed by atoms with van der Waals surface area (Å²) < 4.78 is 42.7. The summed E-state index contributed by atoms with van der Waals surface area (Å²) >= 11 is 6.29. The second-order valence-electron chi connectivity index (χ2n) is 9.04. The third-order valence-corrected chi connectivity index (χ3v) is 7.18. The zero-order valence-electron chi connectivity index (χ0n) is 19.6. The van der Waals surface area contributed by atoms with E-state index in [1.54, 1.807) is 12.2 Å².